The van der Waals surface area contributed by atoms with Gasteiger partial charge in [0.15, 0.2) is 0 Å². The number of nitrogens with zero attached hydrogens (tertiary/aromatic N) is 1. The molecule has 1 heterocycles. The SMILES string of the molecule is CNCC1CCCN1C(=O)c1ccc2ccccc2c1.Cl. The molecular formula is C17H21ClN2O. The average molecular weight is 305 g/mol. The van der Waals surface area contributed by atoms with Gasteiger partial charge < -0.3 is 10.2 Å². The summed E-state index contributed by atoms with van der Waals surface area (Å²) in [4.78, 5) is 14.7. The Morgan fingerprint density at radius 2 is 2.00 bits per heavy atom. The molecule has 1 aliphatic rings. The van der Waals surface area contributed by atoms with Gasteiger partial charge in [-0.15, -0.1) is 12.4 Å². The van der Waals surface area contributed by atoms with Crippen molar-refractivity contribution in [2.45, 2.75) is 18.9 Å². The van der Waals surface area contributed by atoms with E-state index in [0.717, 1.165) is 36.9 Å². The van der Waals surface area contributed by atoms with Crippen LogP contribution in [0, 0.1) is 0 Å². The molecule has 2 aromatic carbocycles. The summed E-state index contributed by atoms with van der Waals surface area (Å²) in [5.74, 6) is 0.161. The summed E-state index contributed by atoms with van der Waals surface area (Å²) in [6.07, 6.45) is 2.20. The molecule has 0 aliphatic carbocycles. The van der Waals surface area contributed by atoms with Crippen LogP contribution < -0.4 is 5.32 Å². The zero-order chi connectivity index (χ0) is 13.9. The van der Waals surface area contributed by atoms with Crippen LogP contribution in [0.3, 0.4) is 0 Å². The molecule has 4 heteroatoms. The van der Waals surface area contributed by atoms with Crippen LogP contribution in [0.1, 0.15) is 23.2 Å². The molecule has 1 unspecified atom stereocenters. The van der Waals surface area contributed by atoms with Gasteiger partial charge in [-0.05, 0) is 42.8 Å². The van der Waals surface area contributed by atoms with Crippen molar-refractivity contribution < 1.29 is 4.79 Å². The molecule has 1 saturated heterocycles. The Morgan fingerprint density at radius 1 is 1.24 bits per heavy atom. The van der Waals surface area contributed by atoms with Crippen molar-refractivity contribution in [1.29, 1.82) is 0 Å². The Hall–Kier alpha value is -1.58. The number of halogens is 1. The highest BCUT2D eigenvalue weighted by molar-refractivity contribution is 5.98. The molecule has 1 amide bonds. The van der Waals surface area contributed by atoms with E-state index in [9.17, 15) is 4.79 Å². The summed E-state index contributed by atoms with van der Waals surface area (Å²) in [6, 6.07) is 14.5. The third kappa shape index (κ3) is 3.20. The second kappa shape index (κ2) is 6.92. The minimum Gasteiger partial charge on any atom is -0.334 e. The molecule has 3 rings (SSSR count). The summed E-state index contributed by atoms with van der Waals surface area (Å²) in [5, 5.41) is 5.49. The second-order valence-corrected chi connectivity index (χ2v) is 5.41. The fraction of sp³-hybridized carbons (Fsp3) is 0.353. The van der Waals surface area contributed by atoms with Gasteiger partial charge in [0.05, 0.1) is 0 Å². The number of likely N-dealkylation sites (N-methyl/N-ethyl adjacent to an activating group) is 1. The van der Waals surface area contributed by atoms with E-state index >= 15 is 0 Å². The molecule has 0 saturated carbocycles. The van der Waals surface area contributed by atoms with E-state index in [-0.39, 0.29) is 18.3 Å². The van der Waals surface area contributed by atoms with E-state index in [1.807, 2.05) is 42.3 Å². The number of amides is 1. The summed E-state index contributed by atoms with van der Waals surface area (Å²) in [7, 11) is 1.94. The second-order valence-electron chi connectivity index (χ2n) is 5.41. The van der Waals surface area contributed by atoms with Gasteiger partial charge in [0.2, 0.25) is 0 Å². The fourth-order valence-electron chi connectivity index (χ4n) is 3.04. The molecule has 1 aliphatic heterocycles. The van der Waals surface area contributed by atoms with Crippen LogP contribution in [-0.4, -0.2) is 37.0 Å². The molecule has 3 nitrogen and oxygen atoms in total. The summed E-state index contributed by atoms with van der Waals surface area (Å²) < 4.78 is 0. The largest absolute Gasteiger partial charge is 0.334 e. The van der Waals surface area contributed by atoms with Crippen molar-refractivity contribution in [3.05, 3.63) is 48.0 Å². The molecular weight excluding hydrogens is 284 g/mol. The topological polar surface area (TPSA) is 32.3 Å². The van der Waals surface area contributed by atoms with Crippen molar-refractivity contribution in [2.75, 3.05) is 20.1 Å². The highest BCUT2D eigenvalue weighted by Crippen LogP contribution is 2.22. The quantitative estimate of drug-likeness (QED) is 0.945. The molecule has 2 aromatic rings. The minimum absolute atomic E-state index is 0. The van der Waals surface area contributed by atoms with Crippen LogP contribution in [0.25, 0.3) is 10.8 Å². The normalized spacial score (nSPS) is 17.8. The first kappa shape index (κ1) is 15.8. The maximum atomic E-state index is 12.7. The fourth-order valence-corrected chi connectivity index (χ4v) is 3.04. The average Bonchev–Trinajstić information content (AvgIpc) is 2.94. The molecule has 0 spiro atoms. The smallest absolute Gasteiger partial charge is 0.254 e. The first-order chi connectivity index (χ1) is 9.79. The van der Waals surface area contributed by atoms with Gasteiger partial charge in [-0.3, -0.25) is 4.79 Å². The van der Waals surface area contributed by atoms with Gasteiger partial charge in [0.25, 0.3) is 5.91 Å². The highest BCUT2D eigenvalue weighted by Gasteiger charge is 2.28. The minimum atomic E-state index is 0. The number of carbonyl (C=O) groups is 1. The lowest BCUT2D eigenvalue weighted by molar-refractivity contribution is 0.0737. The zero-order valence-corrected chi connectivity index (χ0v) is 13.0. The standard InChI is InChI=1S/C17H20N2O.ClH/c1-18-12-16-7-4-10-19(16)17(20)15-9-8-13-5-2-3-6-14(13)11-15;/h2-3,5-6,8-9,11,16,18H,4,7,10,12H2,1H3;1H. The molecule has 1 fully saturated rings. The number of likely N-dealkylation sites (tertiary alicyclic amines) is 1. The molecule has 1 N–H and O–H groups in total. The molecule has 1 atom stereocenters. The summed E-state index contributed by atoms with van der Waals surface area (Å²) in [5.41, 5.74) is 0.798. The predicted octanol–water partition coefficient (Wildman–Crippen LogP) is 3.09. The van der Waals surface area contributed by atoms with Gasteiger partial charge in [0.1, 0.15) is 0 Å². The first-order valence-electron chi connectivity index (χ1n) is 7.24. The van der Waals surface area contributed by atoms with Crippen molar-refractivity contribution >= 4 is 29.1 Å². The zero-order valence-electron chi connectivity index (χ0n) is 12.2. The number of hydrogen-bond acceptors (Lipinski definition) is 2. The lowest BCUT2D eigenvalue weighted by atomic mass is 10.1. The molecule has 0 bridgehead atoms. The Bertz CT molecular complexity index is 629. The Morgan fingerprint density at radius 3 is 2.76 bits per heavy atom. The van der Waals surface area contributed by atoms with Crippen LogP contribution in [0.4, 0.5) is 0 Å². The Labute approximate surface area is 131 Å². The van der Waals surface area contributed by atoms with Gasteiger partial charge in [-0.1, -0.05) is 30.3 Å². The third-order valence-electron chi connectivity index (χ3n) is 4.07. The molecule has 0 aromatic heterocycles. The van der Waals surface area contributed by atoms with Crippen molar-refractivity contribution in [3.63, 3.8) is 0 Å². The number of fused-ring (bicyclic) bond motifs is 1. The molecule has 21 heavy (non-hydrogen) atoms. The number of rotatable bonds is 3. The van der Waals surface area contributed by atoms with Gasteiger partial charge in [-0.2, -0.15) is 0 Å². The maximum Gasteiger partial charge on any atom is 0.254 e. The third-order valence-corrected chi connectivity index (χ3v) is 4.07. The first-order valence-corrected chi connectivity index (χ1v) is 7.24. The van der Waals surface area contributed by atoms with E-state index in [1.54, 1.807) is 0 Å². The summed E-state index contributed by atoms with van der Waals surface area (Å²) >= 11 is 0. The lowest BCUT2D eigenvalue weighted by Gasteiger charge is -2.24. The number of carbonyl (C=O) groups excluding carboxylic acids is 1. The number of nitrogens with one attached hydrogen (secondary N) is 1. The highest BCUT2D eigenvalue weighted by atomic mass is 35.5. The van der Waals surface area contributed by atoms with E-state index in [1.165, 1.54) is 5.39 Å². The van der Waals surface area contributed by atoms with Crippen LogP contribution in [0.15, 0.2) is 42.5 Å². The van der Waals surface area contributed by atoms with Gasteiger partial charge in [0, 0.05) is 24.7 Å². The monoisotopic (exact) mass is 304 g/mol. The van der Waals surface area contributed by atoms with E-state index in [4.69, 9.17) is 0 Å². The van der Waals surface area contributed by atoms with Crippen LogP contribution >= 0.6 is 12.4 Å². The Balaban J connectivity index is 0.00000161. The Kier molecular flexibility index (Phi) is 5.21. The maximum absolute atomic E-state index is 12.7. The van der Waals surface area contributed by atoms with Crippen molar-refractivity contribution in [2.24, 2.45) is 0 Å². The van der Waals surface area contributed by atoms with Crippen LogP contribution in [0.2, 0.25) is 0 Å². The number of benzene rings is 2. The van der Waals surface area contributed by atoms with Gasteiger partial charge in [-0.25, -0.2) is 0 Å². The van der Waals surface area contributed by atoms with Crippen molar-refractivity contribution in [3.8, 4) is 0 Å². The summed E-state index contributed by atoms with van der Waals surface area (Å²) in [6.45, 7) is 1.75. The molecule has 112 valence electrons. The van der Waals surface area contributed by atoms with Crippen LogP contribution in [0.5, 0.6) is 0 Å². The molecule has 0 radical (unpaired) electrons. The van der Waals surface area contributed by atoms with Crippen molar-refractivity contribution in [1.82, 2.24) is 10.2 Å². The van der Waals surface area contributed by atoms with Gasteiger partial charge >= 0.3 is 0 Å². The van der Waals surface area contributed by atoms with E-state index < -0.39 is 0 Å². The predicted molar refractivity (Wildman–Crippen MR) is 89.2 cm³/mol. The lowest BCUT2D eigenvalue weighted by Crippen LogP contribution is -2.40. The number of hydrogen-bond donors (Lipinski definition) is 1. The van der Waals surface area contributed by atoms with Crippen LogP contribution in [-0.2, 0) is 0 Å². The van der Waals surface area contributed by atoms with E-state index in [0.29, 0.717) is 6.04 Å². The van der Waals surface area contributed by atoms with E-state index in [2.05, 4.69) is 17.4 Å².